The Kier molecular flexibility index (Phi) is 6.68. The summed E-state index contributed by atoms with van der Waals surface area (Å²) in [5.41, 5.74) is 6.35. The number of fused-ring (bicyclic) bond motifs is 3. The standard InChI is InChI=1S/C30H35N3O/c1-3-7-30(34)31-25-13-11-23(12-14-25)24-16-18-32(19-17-24)21-22-10-15-29-27(20-22)26-8-5-6-9-28(26)33(29)4-2/h5-6,8-15,20,24H,3-4,7,16-19,21H2,1-2H3,(H,31,34). The number of nitrogens with one attached hydrogen (secondary N) is 1. The molecule has 0 saturated carbocycles. The van der Waals surface area contributed by atoms with E-state index in [9.17, 15) is 4.79 Å². The Bertz CT molecular complexity index is 1280. The van der Waals surface area contributed by atoms with E-state index in [1.165, 1.54) is 45.8 Å². The van der Waals surface area contributed by atoms with Crippen molar-refractivity contribution in [2.75, 3.05) is 18.4 Å². The maximum atomic E-state index is 11.8. The molecular weight excluding hydrogens is 418 g/mol. The molecule has 4 aromatic rings. The molecule has 0 bridgehead atoms. The average Bonchev–Trinajstić information content (AvgIpc) is 3.18. The van der Waals surface area contributed by atoms with Gasteiger partial charge in [-0.1, -0.05) is 43.3 Å². The van der Waals surface area contributed by atoms with Gasteiger partial charge in [-0.2, -0.15) is 0 Å². The van der Waals surface area contributed by atoms with E-state index in [0.717, 1.165) is 38.3 Å². The van der Waals surface area contributed by atoms with Gasteiger partial charge < -0.3 is 9.88 Å². The summed E-state index contributed by atoms with van der Waals surface area (Å²) in [6, 6.07) is 24.3. The molecule has 3 aromatic carbocycles. The molecule has 1 aromatic heterocycles. The number of hydrogen-bond donors (Lipinski definition) is 1. The molecule has 5 rings (SSSR count). The lowest BCUT2D eigenvalue weighted by Crippen LogP contribution is -2.32. The third kappa shape index (κ3) is 4.60. The fourth-order valence-corrected chi connectivity index (χ4v) is 5.51. The summed E-state index contributed by atoms with van der Waals surface area (Å²) in [5.74, 6) is 0.697. The first-order valence-electron chi connectivity index (χ1n) is 12.8. The molecule has 1 aliphatic rings. The summed E-state index contributed by atoms with van der Waals surface area (Å²) < 4.78 is 2.42. The highest BCUT2D eigenvalue weighted by Crippen LogP contribution is 2.32. The minimum absolute atomic E-state index is 0.0982. The molecule has 4 heteroatoms. The van der Waals surface area contributed by atoms with Crippen molar-refractivity contribution in [3.8, 4) is 0 Å². The first-order valence-corrected chi connectivity index (χ1v) is 12.8. The van der Waals surface area contributed by atoms with E-state index >= 15 is 0 Å². The smallest absolute Gasteiger partial charge is 0.224 e. The largest absolute Gasteiger partial charge is 0.341 e. The molecule has 1 N–H and O–H groups in total. The summed E-state index contributed by atoms with van der Waals surface area (Å²) in [4.78, 5) is 14.4. The van der Waals surface area contributed by atoms with Crippen LogP contribution in [0, 0.1) is 0 Å². The van der Waals surface area contributed by atoms with E-state index in [1.807, 2.05) is 6.92 Å². The van der Waals surface area contributed by atoms with Crippen molar-refractivity contribution in [1.29, 1.82) is 0 Å². The third-order valence-corrected chi connectivity index (χ3v) is 7.29. The molecule has 0 unspecified atom stereocenters. The number of carbonyl (C=O) groups excluding carboxylic acids is 1. The Balaban J connectivity index is 1.23. The molecule has 0 atom stereocenters. The highest BCUT2D eigenvalue weighted by molar-refractivity contribution is 6.08. The van der Waals surface area contributed by atoms with Crippen molar-refractivity contribution in [2.24, 2.45) is 0 Å². The van der Waals surface area contributed by atoms with Crippen molar-refractivity contribution >= 4 is 33.4 Å². The second-order valence-corrected chi connectivity index (χ2v) is 9.58. The minimum Gasteiger partial charge on any atom is -0.341 e. The normalized spacial score (nSPS) is 15.2. The number of carbonyl (C=O) groups is 1. The van der Waals surface area contributed by atoms with Crippen LogP contribution in [0.5, 0.6) is 0 Å². The van der Waals surface area contributed by atoms with Gasteiger partial charge in [-0.3, -0.25) is 9.69 Å². The number of amides is 1. The highest BCUT2D eigenvalue weighted by Gasteiger charge is 2.21. The molecule has 34 heavy (non-hydrogen) atoms. The van der Waals surface area contributed by atoms with Crippen LogP contribution in [0.3, 0.4) is 0 Å². The average molecular weight is 454 g/mol. The van der Waals surface area contributed by atoms with Gasteiger partial charge in [0.05, 0.1) is 0 Å². The fraction of sp³-hybridized carbons (Fsp3) is 0.367. The van der Waals surface area contributed by atoms with Crippen LogP contribution in [-0.2, 0) is 17.9 Å². The van der Waals surface area contributed by atoms with Gasteiger partial charge in [0.25, 0.3) is 0 Å². The van der Waals surface area contributed by atoms with Gasteiger partial charge in [0.1, 0.15) is 0 Å². The summed E-state index contributed by atoms with van der Waals surface area (Å²) in [6.07, 6.45) is 3.81. The lowest BCUT2D eigenvalue weighted by atomic mass is 9.89. The number of aromatic nitrogens is 1. The van der Waals surface area contributed by atoms with Crippen LogP contribution in [-0.4, -0.2) is 28.5 Å². The van der Waals surface area contributed by atoms with Gasteiger partial charge in [-0.25, -0.2) is 0 Å². The van der Waals surface area contributed by atoms with E-state index in [4.69, 9.17) is 0 Å². The Hall–Kier alpha value is -3.11. The third-order valence-electron chi connectivity index (χ3n) is 7.29. The molecule has 4 nitrogen and oxygen atoms in total. The molecule has 2 heterocycles. The lowest BCUT2D eigenvalue weighted by Gasteiger charge is -2.32. The maximum absolute atomic E-state index is 11.8. The van der Waals surface area contributed by atoms with E-state index in [2.05, 4.69) is 88.4 Å². The maximum Gasteiger partial charge on any atom is 0.224 e. The SMILES string of the molecule is CCCC(=O)Nc1ccc(C2CCN(Cc3ccc4c(c3)c3ccccc3n4CC)CC2)cc1. The van der Waals surface area contributed by atoms with Crippen molar-refractivity contribution in [1.82, 2.24) is 9.47 Å². The first-order chi connectivity index (χ1) is 16.7. The molecule has 0 radical (unpaired) electrons. The summed E-state index contributed by atoms with van der Waals surface area (Å²) in [6.45, 7) is 8.49. The second kappa shape index (κ2) is 10.0. The van der Waals surface area contributed by atoms with Gasteiger partial charge >= 0.3 is 0 Å². The van der Waals surface area contributed by atoms with Gasteiger partial charge in [-0.05, 0) is 86.7 Å². The number of rotatable bonds is 7. The summed E-state index contributed by atoms with van der Waals surface area (Å²) in [7, 11) is 0. The van der Waals surface area contributed by atoms with Gasteiger partial charge in [0.15, 0.2) is 0 Å². The van der Waals surface area contributed by atoms with Crippen LogP contribution in [0.25, 0.3) is 21.8 Å². The Morgan fingerprint density at radius 2 is 1.65 bits per heavy atom. The van der Waals surface area contributed by atoms with Crippen LogP contribution in [0.15, 0.2) is 66.7 Å². The molecule has 0 aliphatic carbocycles. The topological polar surface area (TPSA) is 37.3 Å². The predicted octanol–water partition coefficient (Wildman–Crippen LogP) is 6.93. The number of aryl methyl sites for hydroxylation is 1. The number of hydrogen-bond acceptors (Lipinski definition) is 2. The molecule has 1 fully saturated rings. The van der Waals surface area contributed by atoms with Crippen LogP contribution in [0.1, 0.15) is 56.6 Å². The van der Waals surface area contributed by atoms with Crippen molar-refractivity contribution < 1.29 is 4.79 Å². The quantitative estimate of drug-likeness (QED) is 0.329. The Morgan fingerprint density at radius 3 is 2.38 bits per heavy atom. The Morgan fingerprint density at radius 1 is 0.912 bits per heavy atom. The second-order valence-electron chi connectivity index (χ2n) is 9.58. The minimum atomic E-state index is 0.0982. The lowest BCUT2D eigenvalue weighted by molar-refractivity contribution is -0.116. The molecule has 176 valence electrons. The van der Waals surface area contributed by atoms with Crippen molar-refractivity contribution in [3.05, 3.63) is 77.9 Å². The van der Waals surface area contributed by atoms with Crippen molar-refractivity contribution in [3.63, 3.8) is 0 Å². The first kappa shape index (κ1) is 22.7. The Labute approximate surface area is 202 Å². The number of nitrogens with zero attached hydrogens (tertiary/aromatic N) is 2. The summed E-state index contributed by atoms with van der Waals surface area (Å²) in [5, 5.41) is 5.71. The summed E-state index contributed by atoms with van der Waals surface area (Å²) >= 11 is 0. The van der Waals surface area contributed by atoms with Crippen molar-refractivity contribution in [2.45, 2.75) is 58.5 Å². The zero-order valence-corrected chi connectivity index (χ0v) is 20.4. The monoisotopic (exact) mass is 453 g/mol. The van der Waals surface area contributed by atoms with Crippen LogP contribution >= 0.6 is 0 Å². The zero-order valence-electron chi connectivity index (χ0n) is 20.4. The molecular formula is C30H35N3O. The number of piperidine rings is 1. The van der Waals surface area contributed by atoms with Crippen LogP contribution in [0.4, 0.5) is 5.69 Å². The zero-order chi connectivity index (χ0) is 23.5. The molecule has 1 saturated heterocycles. The predicted molar refractivity (Wildman–Crippen MR) is 142 cm³/mol. The van der Waals surface area contributed by atoms with Gasteiger partial charge in [0, 0.05) is 47.0 Å². The molecule has 1 amide bonds. The number of para-hydroxylation sites is 1. The number of anilines is 1. The fourth-order valence-electron chi connectivity index (χ4n) is 5.51. The van der Waals surface area contributed by atoms with Crippen LogP contribution < -0.4 is 5.32 Å². The van der Waals surface area contributed by atoms with E-state index in [-0.39, 0.29) is 5.91 Å². The highest BCUT2D eigenvalue weighted by atomic mass is 16.1. The van der Waals surface area contributed by atoms with E-state index in [1.54, 1.807) is 0 Å². The van der Waals surface area contributed by atoms with E-state index in [0.29, 0.717) is 12.3 Å². The molecule has 1 aliphatic heterocycles. The number of benzene rings is 3. The van der Waals surface area contributed by atoms with Crippen LogP contribution in [0.2, 0.25) is 0 Å². The van der Waals surface area contributed by atoms with Gasteiger partial charge in [0.2, 0.25) is 5.91 Å². The molecule has 0 spiro atoms. The van der Waals surface area contributed by atoms with Gasteiger partial charge in [-0.15, -0.1) is 0 Å². The van der Waals surface area contributed by atoms with E-state index < -0.39 is 0 Å². The number of likely N-dealkylation sites (tertiary alicyclic amines) is 1.